The summed E-state index contributed by atoms with van der Waals surface area (Å²) in [7, 11) is -3.65. The minimum absolute atomic E-state index is 0.0173. The Morgan fingerprint density at radius 2 is 1.66 bits per heavy atom. The molecule has 0 aliphatic carbocycles. The van der Waals surface area contributed by atoms with Crippen LogP contribution < -0.4 is 5.32 Å². The van der Waals surface area contributed by atoms with Crippen LogP contribution in [0.5, 0.6) is 5.75 Å². The highest BCUT2D eigenvalue weighted by Gasteiger charge is 2.17. The monoisotopic (exact) mass is 431 g/mol. The molecule has 3 aromatic rings. The van der Waals surface area contributed by atoms with E-state index in [1.54, 1.807) is 36.4 Å². The predicted molar refractivity (Wildman–Crippen MR) is 113 cm³/mol. The highest BCUT2D eigenvalue weighted by molar-refractivity contribution is 7.91. The van der Waals surface area contributed by atoms with Crippen molar-refractivity contribution in [2.24, 2.45) is 0 Å². The van der Waals surface area contributed by atoms with Crippen LogP contribution in [-0.4, -0.2) is 31.7 Å². The Balaban J connectivity index is 1.59. The van der Waals surface area contributed by atoms with Crippen molar-refractivity contribution in [3.63, 3.8) is 0 Å². The lowest BCUT2D eigenvalue weighted by Gasteiger charge is -2.13. The molecule has 3 rings (SSSR count). The van der Waals surface area contributed by atoms with Gasteiger partial charge >= 0.3 is 0 Å². The van der Waals surface area contributed by atoms with Gasteiger partial charge in [-0.1, -0.05) is 35.9 Å². The number of aliphatic hydroxyl groups excluding tert-OH is 1. The van der Waals surface area contributed by atoms with Crippen LogP contribution in [-0.2, 0) is 16.3 Å². The van der Waals surface area contributed by atoms with Gasteiger partial charge in [-0.25, -0.2) is 8.42 Å². The molecule has 0 radical (unpaired) electrons. The van der Waals surface area contributed by atoms with E-state index >= 15 is 0 Å². The van der Waals surface area contributed by atoms with E-state index in [0.29, 0.717) is 24.5 Å². The topological polar surface area (TPSA) is 86.6 Å². The SMILES string of the molecule is O=S(=O)(c1ccc(O)cc1)c1cccc(CCNCC(O)c2cccc(Cl)c2)c1. The molecule has 0 aliphatic rings. The number of aliphatic hydroxyl groups is 1. The van der Waals surface area contributed by atoms with E-state index in [0.717, 1.165) is 11.1 Å². The molecule has 7 heteroatoms. The molecule has 29 heavy (non-hydrogen) atoms. The van der Waals surface area contributed by atoms with Gasteiger partial charge in [0.05, 0.1) is 15.9 Å². The van der Waals surface area contributed by atoms with E-state index in [-0.39, 0.29) is 15.5 Å². The zero-order valence-electron chi connectivity index (χ0n) is 15.6. The molecule has 0 saturated carbocycles. The van der Waals surface area contributed by atoms with Crippen molar-refractivity contribution >= 4 is 21.4 Å². The normalized spacial score (nSPS) is 12.6. The summed E-state index contributed by atoms with van der Waals surface area (Å²) in [6.45, 7) is 0.951. The van der Waals surface area contributed by atoms with E-state index < -0.39 is 15.9 Å². The van der Waals surface area contributed by atoms with Crippen LogP contribution in [0, 0.1) is 0 Å². The van der Waals surface area contributed by atoms with Gasteiger partial charge in [-0.3, -0.25) is 0 Å². The molecule has 0 aromatic heterocycles. The third-order valence-corrected chi connectivity index (χ3v) is 6.52. The summed E-state index contributed by atoms with van der Waals surface area (Å²) in [5.41, 5.74) is 1.61. The van der Waals surface area contributed by atoms with Gasteiger partial charge in [0, 0.05) is 11.6 Å². The molecule has 1 atom stereocenters. The Bertz CT molecular complexity index is 1070. The quantitative estimate of drug-likeness (QED) is 0.473. The number of nitrogens with one attached hydrogen (secondary N) is 1. The molecule has 1 unspecified atom stereocenters. The number of rotatable bonds is 8. The Hall–Kier alpha value is -2.38. The van der Waals surface area contributed by atoms with Gasteiger partial charge in [-0.05, 0) is 72.6 Å². The number of halogens is 1. The lowest BCUT2D eigenvalue weighted by atomic mass is 10.1. The summed E-state index contributed by atoms with van der Waals surface area (Å²) in [4.78, 5) is 0.342. The third-order valence-electron chi connectivity index (χ3n) is 4.52. The largest absolute Gasteiger partial charge is 0.508 e. The summed E-state index contributed by atoms with van der Waals surface area (Å²) in [6.07, 6.45) is -0.0591. The minimum Gasteiger partial charge on any atom is -0.508 e. The van der Waals surface area contributed by atoms with Gasteiger partial charge < -0.3 is 15.5 Å². The zero-order valence-corrected chi connectivity index (χ0v) is 17.2. The number of hydrogen-bond donors (Lipinski definition) is 3. The van der Waals surface area contributed by atoms with Gasteiger partial charge in [0.1, 0.15) is 5.75 Å². The van der Waals surface area contributed by atoms with E-state index in [2.05, 4.69) is 5.32 Å². The highest BCUT2D eigenvalue weighted by atomic mass is 35.5. The minimum atomic E-state index is -3.65. The van der Waals surface area contributed by atoms with E-state index in [1.165, 1.54) is 24.3 Å². The lowest BCUT2D eigenvalue weighted by Crippen LogP contribution is -2.23. The van der Waals surface area contributed by atoms with Gasteiger partial charge in [-0.2, -0.15) is 0 Å². The maximum Gasteiger partial charge on any atom is 0.206 e. The van der Waals surface area contributed by atoms with Crippen LogP contribution in [0.25, 0.3) is 0 Å². The maximum atomic E-state index is 12.8. The number of sulfone groups is 1. The molecular formula is C22H22ClNO4S. The van der Waals surface area contributed by atoms with Crippen LogP contribution >= 0.6 is 11.6 Å². The molecule has 0 bridgehead atoms. The molecule has 0 aliphatic heterocycles. The summed E-state index contributed by atoms with van der Waals surface area (Å²) in [5, 5.41) is 23.3. The van der Waals surface area contributed by atoms with Gasteiger partial charge in [0.2, 0.25) is 9.84 Å². The molecule has 0 amide bonds. The molecular weight excluding hydrogens is 410 g/mol. The Morgan fingerprint density at radius 1 is 0.931 bits per heavy atom. The zero-order chi connectivity index (χ0) is 20.9. The van der Waals surface area contributed by atoms with Crippen molar-refractivity contribution in [1.82, 2.24) is 5.32 Å². The molecule has 152 valence electrons. The maximum absolute atomic E-state index is 12.8. The van der Waals surface area contributed by atoms with Crippen LogP contribution in [0.1, 0.15) is 17.2 Å². The van der Waals surface area contributed by atoms with E-state index in [9.17, 15) is 18.6 Å². The third kappa shape index (κ3) is 5.58. The van der Waals surface area contributed by atoms with Crippen molar-refractivity contribution < 1.29 is 18.6 Å². The lowest BCUT2D eigenvalue weighted by molar-refractivity contribution is 0.175. The molecule has 0 fully saturated rings. The standard InChI is InChI=1S/C22H22ClNO4S/c23-18-5-2-4-17(14-18)22(26)15-24-12-11-16-3-1-6-21(13-16)29(27,28)20-9-7-19(25)8-10-20/h1-10,13-14,22,24-26H,11-12,15H2. The van der Waals surface area contributed by atoms with Crippen LogP contribution in [0.2, 0.25) is 5.02 Å². The second-order valence-electron chi connectivity index (χ2n) is 6.67. The average molecular weight is 432 g/mol. The summed E-state index contributed by atoms with van der Waals surface area (Å²) in [5.74, 6) is 0.0173. The first-order valence-corrected chi connectivity index (χ1v) is 11.0. The van der Waals surface area contributed by atoms with Gasteiger partial charge in [0.25, 0.3) is 0 Å². The number of aromatic hydroxyl groups is 1. The second-order valence-corrected chi connectivity index (χ2v) is 9.06. The van der Waals surface area contributed by atoms with Crippen molar-refractivity contribution in [3.8, 4) is 5.75 Å². The number of benzene rings is 3. The Morgan fingerprint density at radius 3 is 2.38 bits per heavy atom. The van der Waals surface area contributed by atoms with Gasteiger partial charge in [-0.15, -0.1) is 0 Å². The van der Waals surface area contributed by atoms with Crippen LogP contribution in [0.3, 0.4) is 0 Å². The number of phenols is 1. The summed E-state index contributed by atoms with van der Waals surface area (Å²) < 4.78 is 25.5. The average Bonchev–Trinajstić information content (AvgIpc) is 2.71. The summed E-state index contributed by atoms with van der Waals surface area (Å²) in [6, 6.07) is 19.4. The van der Waals surface area contributed by atoms with E-state index in [4.69, 9.17) is 11.6 Å². The smallest absolute Gasteiger partial charge is 0.206 e. The molecule has 3 N–H and O–H groups in total. The van der Waals surface area contributed by atoms with E-state index in [1.807, 2.05) is 12.1 Å². The molecule has 0 spiro atoms. The highest BCUT2D eigenvalue weighted by Crippen LogP contribution is 2.23. The fourth-order valence-corrected chi connectivity index (χ4v) is 4.46. The van der Waals surface area contributed by atoms with Crippen molar-refractivity contribution in [1.29, 1.82) is 0 Å². The molecule has 0 saturated heterocycles. The van der Waals surface area contributed by atoms with Crippen molar-refractivity contribution in [2.45, 2.75) is 22.3 Å². The van der Waals surface area contributed by atoms with Crippen LogP contribution in [0.4, 0.5) is 0 Å². The van der Waals surface area contributed by atoms with Crippen molar-refractivity contribution in [2.75, 3.05) is 13.1 Å². The van der Waals surface area contributed by atoms with Gasteiger partial charge in [0.15, 0.2) is 0 Å². The Labute approximate surface area is 175 Å². The van der Waals surface area contributed by atoms with Crippen LogP contribution in [0.15, 0.2) is 82.6 Å². The number of phenolic OH excluding ortho intramolecular Hbond substituents is 1. The second kappa shape index (κ2) is 9.41. The summed E-state index contributed by atoms with van der Waals surface area (Å²) >= 11 is 5.94. The Kier molecular flexibility index (Phi) is 6.92. The fraction of sp³-hybridized carbons (Fsp3) is 0.182. The molecule has 5 nitrogen and oxygen atoms in total. The molecule has 3 aromatic carbocycles. The first-order valence-electron chi connectivity index (χ1n) is 9.13. The molecule has 0 heterocycles. The number of hydrogen-bond acceptors (Lipinski definition) is 5. The first kappa shape index (κ1) is 21.3. The fourth-order valence-electron chi connectivity index (χ4n) is 2.93. The van der Waals surface area contributed by atoms with Crippen molar-refractivity contribution in [3.05, 3.63) is 88.9 Å². The predicted octanol–water partition coefficient (Wildman–Crippen LogP) is 3.74. The first-order chi connectivity index (χ1) is 13.9.